The third-order valence-corrected chi connectivity index (χ3v) is 3.65. The Morgan fingerprint density at radius 3 is 2.58 bits per heavy atom. The van der Waals surface area contributed by atoms with E-state index in [9.17, 15) is 8.78 Å². The van der Waals surface area contributed by atoms with Crippen LogP contribution in [0.3, 0.4) is 0 Å². The second-order valence-corrected chi connectivity index (χ2v) is 5.50. The summed E-state index contributed by atoms with van der Waals surface area (Å²) < 4.78 is 33.6. The van der Waals surface area contributed by atoms with Gasteiger partial charge in [0.25, 0.3) is 0 Å². The van der Waals surface area contributed by atoms with Crippen LogP contribution in [0.5, 0.6) is 0 Å². The molecule has 0 aliphatic rings. The molecule has 0 saturated carbocycles. The number of nitrogens with one attached hydrogen (secondary N) is 1. The van der Waals surface area contributed by atoms with E-state index in [0.29, 0.717) is 22.9 Å². The number of fused-ring (bicyclic) bond motifs is 1. The van der Waals surface area contributed by atoms with Crippen LogP contribution in [0.25, 0.3) is 11.0 Å². The van der Waals surface area contributed by atoms with Crippen LogP contribution in [0.1, 0.15) is 24.4 Å². The molecular weight excluding hydrogens is 316 g/mol. The number of halogens is 2. The molecule has 3 rings (SSSR count). The molecule has 1 aromatic carbocycles. The SMILES string of the molecule is COCc1nc(N[C@@H](C)c2cc(F)cc(F)c2)c2cnn(C)c2n1. The van der Waals surface area contributed by atoms with Crippen molar-refractivity contribution in [3.8, 4) is 0 Å². The van der Waals surface area contributed by atoms with Crippen molar-refractivity contribution in [3.05, 3.63) is 47.4 Å². The number of aromatic nitrogens is 4. The fraction of sp³-hybridized carbons (Fsp3) is 0.312. The molecule has 0 aliphatic heterocycles. The first-order chi connectivity index (χ1) is 11.5. The van der Waals surface area contributed by atoms with E-state index in [4.69, 9.17) is 4.74 Å². The van der Waals surface area contributed by atoms with Crippen LogP contribution < -0.4 is 5.32 Å². The van der Waals surface area contributed by atoms with Crippen molar-refractivity contribution in [2.45, 2.75) is 19.6 Å². The molecule has 0 unspecified atom stereocenters. The van der Waals surface area contributed by atoms with Gasteiger partial charge in [0, 0.05) is 20.2 Å². The van der Waals surface area contributed by atoms with E-state index < -0.39 is 11.6 Å². The summed E-state index contributed by atoms with van der Waals surface area (Å²) in [5.74, 6) is -0.202. The average Bonchev–Trinajstić information content (AvgIpc) is 2.88. The minimum absolute atomic E-state index is 0.249. The van der Waals surface area contributed by atoms with Gasteiger partial charge in [-0.3, -0.25) is 4.68 Å². The largest absolute Gasteiger partial charge is 0.377 e. The fourth-order valence-corrected chi connectivity index (χ4v) is 2.48. The zero-order chi connectivity index (χ0) is 17.3. The highest BCUT2D eigenvalue weighted by molar-refractivity contribution is 5.86. The number of aryl methyl sites for hydroxylation is 1. The topological polar surface area (TPSA) is 64.9 Å². The van der Waals surface area contributed by atoms with Crippen LogP contribution in [0.15, 0.2) is 24.4 Å². The van der Waals surface area contributed by atoms with Gasteiger partial charge in [-0.25, -0.2) is 18.7 Å². The van der Waals surface area contributed by atoms with Gasteiger partial charge in [-0.1, -0.05) is 0 Å². The Balaban J connectivity index is 1.99. The Bertz CT molecular complexity index is 860. The Labute approximate surface area is 137 Å². The molecule has 1 N–H and O–H groups in total. The number of hydrogen-bond acceptors (Lipinski definition) is 5. The van der Waals surface area contributed by atoms with E-state index in [1.807, 2.05) is 0 Å². The fourth-order valence-electron chi connectivity index (χ4n) is 2.48. The number of benzene rings is 1. The molecule has 24 heavy (non-hydrogen) atoms. The van der Waals surface area contributed by atoms with Crippen molar-refractivity contribution in [3.63, 3.8) is 0 Å². The van der Waals surface area contributed by atoms with Crippen LogP contribution in [0, 0.1) is 11.6 Å². The highest BCUT2D eigenvalue weighted by atomic mass is 19.1. The summed E-state index contributed by atoms with van der Waals surface area (Å²) in [4.78, 5) is 8.82. The highest BCUT2D eigenvalue weighted by Crippen LogP contribution is 2.25. The molecule has 126 valence electrons. The molecule has 0 aliphatic carbocycles. The van der Waals surface area contributed by atoms with Crippen molar-refractivity contribution in [1.82, 2.24) is 19.7 Å². The lowest BCUT2D eigenvalue weighted by molar-refractivity contribution is 0.178. The maximum atomic E-state index is 13.4. The van der Waals surface area contributed by atoms with Gasteiger partial charge < -0.3 is 10.1 Å². The summed E-state index contributed by atoms with van der Waals surface area (Å²) in [6.07, 6.45) is 1.65. The Morgan fingerprint density at radius 1 is 1.21 bits per heavy atom. The van der Waals surface area contributed by atoms with Gasteiger partial charge in [0.2, 0.25) is 0 Å². The maximum absolute atomic E-state index is 13.4. The van der Waals surface area contributed by atoms with Crippen LogP contribution in [0.4, 0.5) is 14.6 Å². The third kappa shape index (κ3) is 3.18. The quantitative estimate of drug-likeness (QED) is 0.778. The van der Waals surface area contributed by atoms with Crippen LogP contribution in [-0.4, -0.2) is 26.9 Å². The summed E-state index contributed by atoms with van der Waals surface area (Å²) in [5.41, 5.74) is 1.13. The Hall–Kier alpha value is -2.61. The minimum atomic E-state index is -0.618. The monoisotopic (exact) mass is 333 g/mol. The number of methoxy groups -OCH3 is 1. The Kier molecular flexibility index (Phi) is 4.39. The van der Waals surface area contributed by atoms with Crippen molar-refractivity contribution >= 4 is 16.9 Å². The molecule has 0 radical (unpaired) electrons. The smallest absolute Gasteiger partial charge is 0.163 e. The molecule has 8 heteroatoms. The zero-order valence-electron chi connectivity index (χ0n) is 13.5. The summed E-state index contributed by atoms with van der Waals surface area (Å²) in [6, 6.07) is 3.07. The summed E-state index contributed by atoms with van der Waals surface area (Å²) >= 11 is 0. The lowest BCUT2D eigenvalue weighted by Gasteiger charge is -2.16. The Morgan fingerprint density at radius 2 is 1.92 bits per heavy atom. The standard InChI is InChI=1S/C16H17F2N5O/c1-9(10-4-11(17)6-12(18)5-10)20-15-13-7-19-23(2)16(13)22-14(21-15)8-24-3/h4-7,9H,8H2,1-3H3,(H,20,21,22)/t9-/m0/s1. The number of nitrogens with zero attached hydrogens (tertiary/aromatic N) is 4. The second kappa shape index (κ2) is 6.48. The molecule has 3 aromatic rings. The minimum Gasteiger partial charge on any atom is -0.377 e. The third-order valence-electron chi connectivity index (χ3n) is 3.65. The van der Waals surface area contributed by atoms with Crippen molar-refractivity contribution in [2.75, 3.05) is 12.4 Å². The number of hydrogen-bond donors (Lipinski definition) is 1. The number of anilines is 1. The number of ether oxygens (including phenoxy) is 1. The van der Waals surface area contributed by atoms with E-state index in [1.165, 1.54) is 12.1 Å². The van der Waals surface area contributed by atoms with Gasteiger partial charge >= 0.3 is 0 Å². The molecule has 0 saturated heterocycles. The van der Waals surface area contributed by atoms with Gasteiger partial charge in [-0.15, -0.1) is 0 Å². The van der Waals surface area contributed by atoms with E-state index in [-0.39, 0.29) is 12.6 Å². The predicted octanol–water partition coefficient (Wildman–Crippen LogP) is 2.96. The lowest BCUT2D eigenvalue weighted by Crippen LogP contribution is -2.11. The van der Waals surface area contributed by atoms with Crippen molar-refractivity contribution in [2.24, 2.45) is 7.05 Å². The average molecular weight is 333 g/mol. The molecule has 2 heterocycles. The van der Waals surface area contributed by atoms with Crippen LogP contribution in [0.2, 0.25) is 0 Å². The summed E-state index contributed by atoms with van der Waals surface area (Å²) in [6.45, 7) is 2.05. The molecule has 6 nitrogen and oxygen atoms in total. The molecule has 2 aromatic heterocycles. The second-order valence-electron chi connectivity index (χ2n) is 5.50. The van der Waals surface area contributed by atoms with Gasteiger partial charge in [-0.05, 0) is 24.6 Å². The van der Waals surface area contributed by atoms with Crippen LogP contribution >= 0.6 is 0 Å². The van der Waals surface area contributed by atoms with Crippen molar-refractivity contribution < 1.29 is 13.5 Å². The van der Waals surface area contributed by atoms with E-state index in [1.54, 1.807) is 32.0 Å². The van der Waals surface area contributed by atoms with Crippen molar-refractivity contribution in [1.29, 1.82) is 0 Å². The predicted molar refractivity (Wildman–Crippen MR) is 85.4 cm³/mol. The van der Waals surface area contributed by atoms with Gasteiger partial charge in [-0.2, -0.15) is 5.10 Å². The first kappa shape index (κ1) is 16.3. The zero-order valence-corrected chi connectivity index (χ0v) is 13.5. The normalized spacial score (nSPS) is 12.5. The first-order valence-electron chi connectivity index (χ1n) is 7.38. The van der Waals surface area contributed by atoms with E-state index in [2.05, 4.69) is 20.4 Å². The van der Waals surface area contributed by atoms with Gasteiger partial charge in [0.1, 0.15) is 24.1 Å². The first-order valence-corrected chi connectivity index (χ1v) is 7.38. The van der Waals surface area contributed by atoms with Gasteiger partial charge in [0.15, 0.2) is 11.5 Å². The summed E-state index contributed by atoms with van der Waals surface area (Å²) in [7, 11) is 3.34. The highest BCUT2D eigenvalue weighted by Gasteiger charge is 2.15. The molecule has 1 atom stereocenters. The van der Waals surface area contributed by atoms with E-state index >= 15 is 0 Å². The lowest BCUT2D eigenvalue weighted by atomic mass is 10.1. The molecule has 0 spiro atoms. The maximum Gasteiger partial charge on any atom is 0.163 e. The number of rotatable bonds is 5. The van der Waals surface area contributed by atoms with Crippen LogP contribution in [-0.2, 0) is 18.4 Å². The molecule has 0 fully saturated rings. The van der Waals surface area contributed by atoms with Gasteiger partial charge in [0.05, 0.1) is 17.6 Å². The molecular formula is C16H17F2N5O. The molecule has 0 amide bonds. The summed E-state index contributed by atoms with van der Waals surface area (Å²) in [5, 5.41) is 8.08. The van der Waals surface area contributed by atoms with E-state index in [0.717, 1.165) is 11.5 Å². The molecule has 0 bridgehead atoms.